The van der Waals surface area contributed by atoms with Gasteiger partial charge in [0.05, 0.1) is 5.52 Å². The maximum atomic E-state index is 10.9. The number of aliphatic imine (C=N–C) groups is 1. The Morgan fingerprint density at radius 3 is 2.58 bits per heavy atom. The highest BCUT2D eigenvalue weighted by Gasteiger charge is 2.23. The molecular weight excluding hydrogens is 478 g/mol. The Bertz CT molecular complexity index is 1390. The highest BCUT2D eigenvalue weighted by Crippen LogP contribution is 2.29. The number of hydrogen-bond acceptors (Lipinski definition) is 6. The van der Waals surface area contributed by atoms with Gasteiger partial charge in [-0.2, -0.15) is 0 Å². The molecule has 8 heteroatoms. The maximum absolute atomic E-state index is 10.9. The second-order valence-corrected chi connectivity index (χ2v) is 8.95. The molecule has 8 nitrogen and oxygen atoms in total. The van der Waals surface area contributed by atoms with E-state index in [9.17, 15) is 4.79 Å². The molecule has 3 heterocycles. The van der Waals surface area contributed by atoms with Crippen molar-refractivity contribution in [3.63, 3.8) is 0 Å². The quantitative estimate of drug-likeness (QED) is 0.247. The van der Waals surface area contributed by atoms with Crippen LogP contribution in [0.5, 0.6) is 0 Å². The molecule has 1 aromatic heterocycles. The molecule has 2 aliphatic rings. The number of aromatic nitrogens is 2. The first kappa shape index (κ1) is 27.9. The van der Waals surface area contributed by atoms with Crippen LogP contribution in [-0.2, 0) is 0 Å². The van der Waals surface area contributed by atoms with Gasteiger partial charge in [-0.25, -0.2) is 14.8 Å². The summed E-state index contributed by atoms with van der Waals surface area (Å²) in [5, 5.41) is 21.6. The van der Waals surface area contributed by atoms with Gasteiger partial charge in [-0.05, 0) is 62.6 Å². The van der Waals surface area contributed by atoms with Crippen LogP contribution in [0.2, 0.25) is 0 Å². The zero-order chi connectivity index (χ0) is 27.5. The largest absolute Gasteiger partial charge is 0.509 e. The van der Waals surface area contributed by atoms with Crippen molar-refractivity contribution in [2.24, 2.45) is 4.99 Å². The minimum atomic E-state index is -0.986. The monoisotopic (exact) mass is 511 g/mol. The fourth-order valence-electron chi connectivity index (χ4n) is 3.90. The van der Waals surface area contributed by atoms with E-state index in [0.717, 1.165) is 40.7 Å². The van der Waals surface area contributed by atoms with Crippen molar-refractivity contribution in [1.82, 2.24) is 15.3 Å². The molecule has 0 atom stereocenters. The van der Waals surface area contributed by atoms with Crippen molar-refractivity contribution < 1.29 is 15.0 Å². The Labute approximate surface area is 223 Å². The number of nitrogens with zero attached hydrogens (tertiary/aromatic N) is 4. The number of anilines is 1. The molecule has 1 amide bonds. The van der Waals surface area contributed by atoms with Gasteiger partial charge in [-0.1, -0.05) is 37.5 Å². The molecule has 0 saturated carbocycles. The van der Waals surface area contributed by atoms with Crippen molar-refractivity contribution in [2.75, 3.05) is 18.0 Å². The van der Waals surface area contributed by atoms with Gasteiger partial charge in [0.15, 0.2) is 5.82 Å². The number of piperidine rings is 1. The van der Waals surface area contributed by atoms with Crippen LogP contribution in [0, 0.1) is 6.92 Å². The van der Waals surface area contributed by atoms with Crippen molar-refractivity contribution >= 4 is 34.6 Å². The number of rotatable bonds is 6. The number of aliphatic hydroxyl groups is 1. The molecule has 2 aliphatic heterocycles. The fourth-order valence-corrected chi connectivity index (χ4v) is 3.90. The minimum Gasteiger partial charge on any atom is -0.509 e. The number of hydrogen-bond donors (Lipinski definition) is 3. The average Bonchev–Trinajstić information content (AvgIpc) is 3.13. The first-order valence-electron chi connectivity index (χ1n) is 12.3. The number of fused-ring (bicyclic) bond motifs is 1. The normalized spacial score (nSPS) is 15.3. The molecule has 196 valence electrons. The third kappa shape index (κ3) is 8.47. The topological polar surface area (TPSA) is 111 Å². The molecule has 0 bridgehead atoms. The van der Waals surface area contributed by atoms with E-state index >= 15 is 0 Å². The summed E-state index contributed by atoms with van der Waals surface area (Å²) in [5.41, 5.74) is 6.66. The van der Waals surface area contributed by atoms with Crippen molar-refractivity contribution in [2.45, 2.75) is 32.7 Å². The van der Waals surface area contributed by atoms with E-state index in [1.165, 1.54) is 6.08 Å². The van der Waals surface area contributed by atoms with Gasteiger partial charge in [0.1, 0.15) is 11.6 Å². The predicted molar refractivity (Wildman–Crippen MR) is 155 cm³/mol. The minimum absolute atomic E-state index is 0.0224. The van der Waals surface area contributed by atoms with Crippen molar-refractivity contribution in [3.05, 3.63) is 102 Å². The molecule has 0 aliphatic carbocycles. The number of aliphatic hydroxyl groups excluding tert-OH is 1. The second kappa shape index (κ2) is 13.6. The van der Waals surface area contributed by atoms with E-state index in [-0.39, 0.29) is 11.8 Å². The molecule has 1 aromatic carbocycles. The zero-order valence-electron chi connectivity index (χ0n) is 21.8. The van der Waals surface area contributed by atoms with Gasteiger partial charge in [0.25, 0.3) is 0 Å². The van der Waals surface area contributed by atoms with E-state index in [0.29, 0.717) is 24.5 Å². The number of carbonyl (C=O) groups is 1. The lowest BCUT2D eigenvalue weighted by Crippen LogP contribution is -2.44. The summed E-state index contributed by atoms with van der Waals surface area (Å²) >= 11 is 0. The van der Waals surface area contributed by atoms with Crippen LogP contribution in [-0.4, -0.2) is 51.6 Å². The first-order valence-corrected chi connectivity index (χ1v) is 12.3. The average molecular weight is 512 g/mol. The first-order chi connectivity index (χ1) is 18.2. The molecule has 1 fully saturated rings. The van der Waals surface area contributed by atoms with E-state index in [4.69, 9.17) is 15.2 Å². The lowest BCUT2D eigenvalue weighted by Gasteiger charge is -2.33. The smallest absolute Gasteiger partial charge is 0.404 e. The Morgan fingerprint density at radius 2 is 1.87 bits per heavy atom. The molecule has 0 radical (unpaired) electrons. The van der Waals surface area contributed by atoms with Crippen LogP contribution in [0.25, 0.3) is 16.5 Å². The van der Waals surface area contributed by atoms with Crippen molar-refractivity contribution in [1.29, 1.82) is 0 Å². The van der Waals surface area contributed by atoms with Gasteiger partial charge >= 0.3 is 6.09 Å². The number of benzene rings is 1. The van der Waals surface area contributed by atoms with Gasteiger partial charge in [-0.15, -0.1) is 5.73 Å². The molecule has 0 unspecified atom stereocenters. The standard InChI is InChI=1S/C23H26N4O3.C7H7N/c1-15-8-9-19-20(14-15)25-21(16(2)6-4-5-7-17(3)28)26-22(19)27-12-10-18(11-13-27)24-23(29)30;1-7-4-2-3-5-8-6-7/h4-9,14,18,24,28H,2-3,10-13H2,1H3,(H,29,30);2-3,5-6H,1H3/b6-4-,7-5-;. The lowest BCUT2D eigenvalue weighted by atomic mass is 10.0. The molecule has 38 heavy (non-hydrogen) atoms. The third-order valence-corrected chi connectivity index (χ3v) is 5.79. The lowest BCUT2D eigenvalue weighted by molar-refractivity contribution is 0.187. The molecule has 4 rings (SSSR count). The number of allylic oxidation sites excluding steroid dienone is 7. The van der Waals surface area contributed by atoms with E-state index in [1.807, 2.05) is 44.2 Å². The summed E-state index contributed by atoms with van der Waals surface area (Å²) in [6.07, 6.45) is 14.3. The number of aryl methyl sites for hydroxylation is 1. The van der Waals surface area contributed by atoms with Crippen LogP contribution in [0.3, 0.4) is 0 Å². The summed E-state index contributed by atoms with van der Waals surface area (Å²) in [7, 11) is 0. The van der Waals surface area contributed by atoms with E-state index in [1.54, 1.807) is 30.6 Å². The highest BCUT2D eigenvalue weighted by atomic mass is 16.4. The molecule has 3 N–H and O–H groups in total. The summed E-state index contributed by atoms with van der Waals surface area (Å²) in [6.45, 7) is 12.9. The van der Waals surface area contributed by atoms with Crippen molar-refractivity contribution in [3.8, 4) is 0 Å². The Morgan fingerprint density at radius 1 is 1.13 bits per heavy atom. The van der Waals surface area contributed by atoms with Crippen LogP contribution in [0.1, 0.15) is 31.2 Å². The number of amides is 1. The van der Waals surface area contributed by atoms with Crippen LogP contribution >= 0.6 is 0 Å². The molecule has 2 aromatic rings. The van der Waals surface area contributed by atoms with Crippen LogP contribution in [0.15, 0.2) is 96.1 Å². The van der Waals surface area contributed by atoms with Gasteiger partial charge in [0, 0.05) is 48.1 Å². The zero-order valence-corrected chi connectivity index (χ0v) is 21.8. The molecule has 1 saturated heterocycles. The number of nitrogens with one attached hydrogen (secondary N) is 1. The maximum Gasteiger partial charge on any atom is 0.404 e. The van der Waals surface area contributed by atoms with E-state index < -0.39 is 6.09 Å². The SMILES string of the molecule is C=C(O)/C=C\C=C/C(=C)c1nc(N2CCC(NC(=O)O)CC2)c2ccc(C)cc2n1.CC1=C=CC=CN=C1. The molecular formula is C30H33N5O3. The summed E-state index contributed by atoms with van der Waals surface area (Å²) in [5.74, 6) is 1.34. The van der Waals surface area contributed by atoms with Crippen LogP contribution in [0.4, 0.5) is 10.6 Å². The predicted octanol–water partition coefficient (Wildman–Crippen LogP) is 6.06. The Balaban J connectivity index is 0.000000427. The van der Waals surface area contributed by atoms with E-state index in [2.05, 4.69) is 39.1 Å². The Kier molecular flexibility index (Phi) is 9.97. The van der Waals surface area contributed by atoms with Gasteiger partial charge < -0.3 is 20.4 Å². The summed E-state index contributed by atoms with van der Waals surface area (Å²) in [4.78, 5) is 26.5. The summed E-state index contributed by atoms with van der Waals surface area (Å²) in [6, 6.07) is 6.05. The highest BCUT2D eigenvalue weighted by molar-refractivity contribution is 5.91. The fraction of sp³-hybridized carbons (Fsp3) is 0.233. The van der Waals surface area contributed by atoms with Gasteiger partial charge in [0.2, 0.25) is 0 Å². The summed E-state index contributed by atoms with van der Waals surface area (Å²) < 4.78 is 0. The van der Waals surface area contributed by atoms with Crippen LogP contribution < -0.4 is 10.2 Å². The third-order valence-electron chi connectivity index (χ3n) is 5.79. The Hall–Kier alpha value is -4.68. The molecule has 0 spiro atoms. The van der Waals surface area contributed by atoms with Gasteiger partial charge in [-0.3, -0.25) is 4.99 Å². The second-order valence-electron chi connectivity index (χ2n) is 8.95. The number of carboxylic acid groups (broad SMARTS) is 1.